The molecule has 0 radical (unpaired) electrons. The van der Waals surface area contributed by atoms with Crippen LogP contribution in [0.15, 0.2) is 29.2 Å². The molecule has 1 amide bonds. The Labute approximate surface area is 130 Å². The van der Waals surface area contributed by atoms with E-state index in [0.29, 0.717) is 5.56 Å². The number of benzene rings is 1. The molecule has 0 spiro atoms. The van der Waals surface area contributed by atoms with Gasteiger partial charge in [0, 0.05) is 23.8 Å². The van der Waals surface area contributed by atoms with Crippen LogP contribution in [0.2, 0.25) is 0 Å². The van der Waals surface area contributed by atoms with Gasteiger partial charge in [0.25, 0.3) is 9.05 Å². The highest BCUT2D eigenvalue weighted by atomic mass is 35.7. The number of likely N-dealkylation sites (tertiary alicyclic amines) is 1. The summed E-state index contributed by atoms with van der Waals surface area (Å²) in [4.78, 5) is 11.9. The van der Waals surface area contributed by atoms with Gasteiger partial charge in [0.1, 0.15) is 0 Å². The van der Waals surface area contributed by atoms with Crippen molar-refractivity contribution >= 4 is 25.6 Å². The van der Waals surface area contributed by atoms with Gasteiger partial charge in [-0.3, -0.25) is 4.79 Å². The Morgan fingerprint density at radius 1 is 1.18 bits per heavy atom. The van der Waals surface area contributed by atoms with Gasteiger partial charge in [-0.25, -0.2) is 8.42 Å². The van der Waals surface area contributed by atoms with Crippen molar-refractivity contribution in [3.63, 3.8) is 0 Å². The highest BCUT2D eigenvalue weighted by molar-refractivity contribution is 8.13. The maximum Gasteiger partial charge on any atom is 0.471 e. The van der Waals surface area contributed by atoms with Crippen molar-refractivity contribution < 1.29 is 26.4 Å². The smallest absolute Gasteiger partial charge is 0.335 e. The van der Waals surface area contributed by atoms with Gasteiger partial charge in [-0.05, 0) is 30.4 Å². The summed E-state index contributed by atoms with van der Waals surface area (Å²) >= 11 is 0. The number of nitrogens with zero attached hydrogens (tertiary/aromatic N) is 1. The number of amides is 1. The molecule has 0 atom stereocenters. The third-order valence-corrected chi connectivity index (χ3v) is 5.04. The number of hydrogen-bond acceptors (Lipinski definition) is 3. The Morgan fingerprint density at radius 3 is 2.23 bits per heavy atom. The largest absolute Gasteiger partial charge is 0.471 e. The van der Waals surface area contributed by atoms with Gasteiger partial charge in [0.05, 0.1) is 4.90 Å². The van der Waals surface area contributed by atoms with Gasteiger partial charge in [-0.15, -0.1) is 0 Å². The maximum atomic E-state index is 12.4. The molecule has 9 heteroatoms. The summed E-state index contributed by atoms with van der Waals surface area (Å²) in [6.45, 7) is -0.140. The first kappa shape index (κ1) is 17.1. The highest BCUT2D eigenvalue weighted by Crippen LogP contribution is 2.34. The molecule has 1 aliphatic heterocycles. The first-order valence-corrected chi connectivity index (χ1v) is 8.81. The molecular formula is C13H13ClF3NO3S. The van der Waals surface area contributed by atoms with E-state index >= 15 is 0 Å². The fourth-order valence-electron chi connectivity index (χ4n) is 2.61. The van der Waals surface area contributed by atoms with Crippen molar-refractivity contribution in [1.29, 1.82) is 0 Å². The third-order valence-electron chi connectivity index (χ3n) is 3.65. The Balaban J connectivity index is 2.15. The minimum atomic E-state index is -4.88. The van der Waals surface area contributed by atoms with E-state index in [9.17, 15) is 26.4 Å². The molecule has 1 heterocycles. The molecule has 0 aliphatic carbocycles. The number of rotatable bonds is 2. The van der Waals surface area contributed by atoms with Crippen molar-refractivity contribution in [2.75, 3.05) is 13.1 Å². The van der Waals surface area contributed by atoms with Crippen molar-refractivity contribution in [2.24, 2.45) is 0 Å². The monoisotopic (exact) mass is 355 g/mol. The Kier molecular flexibility index (Phi) is 4.72. The fourth-order valence-corrected chi connectivity index (χ4v) is 3.79. The first-order valence-electron chi connectivity index (χ1n) is 6.50. The Hall–Kier alpha value is -1.28. The maximum absolute atomic E-state index is 12.4. The molecule has 0 bridgehead atoms. The van der Waals surface area contributed by atoms with Crippen molar-refractivity contribution in [1.82, 2.24) is 4.90 Å². The molecule has 0 unspecified atom stereocenters. The standard InChI is InChI=1S/C13H13ClF3NO3S/c14-22(20,21)11-4-2-1-3-10(11)9-5-7-18(8-6-9)12(19)13(15,16)17/h1-4,9H,5-8H2. The summed E-state index contributed by atoms with van der Waals surface area (Å²) in [6, 6.07) is 6.14. The first-order chi connectivity index (χ1) is 10.1. The zero-order valence-corrected chi connectivity index (χ0v) is 12.9. The average molecular weight is 356 g/mol. The zero-order valence-electron chi connectivity index (χ0n) is 11.3. The van der Waals surface area contributed by atoms with Crippen molar-refractivity contribution in [3.05, 3.63) is 29.8 Å². The quantitative estimate of drug-likeness (QED) is 0.766. The number of carbonyl (C=O) groups excluding carboxylic acids is 1. The fraction of sp³-hybridized carbons (Fsp3) is 0.462. The number of carbonyl (C=O) groups is 1. The molecule has 22 heavy (non-hydrogen) atoms. The SMILES string of the molecule is O=C(N1CCC(c2ccccc2S(=O)(=O)Cl)CC1)C(F)(F)F. The van der Waals surface area contributed by atoms with Crippen molar-refractivity contribution in [2.45, 2.75) is 29.8 Å². The van der Waals surface area contributed by atoms with Crippen LogP contribution in [-0.2, 0) is 13.8 Å². The highest BCUT2D eigenvalue weighted by Gasteiger charge is 2.43. The van der Waals surface area contributed by atoms with E-state index in [4.69, 9.17) is 10.7 Å². The van der Waals surface area contributed by atoms with Crippen LogP contribution in [0.25, 0.3) is 0 Å². The van der Waals surface area contributed by atoms with E-state index in [2.05, 4.69) is 0 Å². The Morgan fingerprint density at radius 2 is 1.73 bits per heavy atom. The lowest BCUT2D eigenvalue weighted by atomic mass is 9.89. The molecule has 1 fully saturated rings. The van der Waals surface area contributed by atoms with E-state index < -0.39 is 21.1 Å². The molecule has 0 N–H and O–H groups in total. The van der Waals surface area contributed by atoms with Gasteiger partial charge >= 0.3 is 12.1 Å². The predicted octanol–water partition coefficient (Wildman–Crippen LogP) is 2.88. The van der Waals surface area contributed by atoms with Gasteiger partial charge < -0.3 is 4.90 Å². The van der Waals surface area contributed by atoms with Crippen LogP contribution in [0.1, 0.15) is 24.3 Å². The van der Waals surface area contributed by atoms with E-state index in [1.54, 1.807) is 12.1 Å². The van der Waals surface area contributed by atoms with Crippen LogP contribution in [0.3, 0.4) is 0 Å². The molecule has 1 saturated heterocycles. The lowest BCUT2D eigenvalue weighted by Crippen LogP contribution is -2.45. The molecule has 122 valence electrons. The number of piperidine rings is 1. The predicted molar refractivity (Wildman–Crippen MR) is 74.1 cm³/mol. The van der Waals surface area contributed by atoms with Gasteiger partial charge in [0.15, 0.2) is 0 Å². The van der Waals surface area contributed by atoms with Crippen LogP contribution in [0.5, 0.6) is 0 Å². The number of alkyl halides is 3. The topological polar surface area (TPSA) is 54.5 Å². The van der Waals surface area contributed by atoms with Crippen LogP contribution in [-0.4, -0.2) is 38.5 Å². The van der Waals surface area contributed by atoms with Crippen LogP contribution < -0.4 is 0 Å². The van der Waals surface area contributed by atoms with E-state index in [0.717, 1.165) is 4.90 Å². The summed E-state index contributed by atoms with van der Waals surface area (Å²) in [5.74, 6) is -2.11. The van der Waals surface area contributed by atoms with E-state index in [1.165, 1.54) is 12.1 Å². The summed E-state index contributed by atoms with van der Waals surface area (Å²) < 4.78 is 60.3. The summed E-state index contributed by atoms with van der Waals surface area (Å²) in [5, 5.41) is 0. The molecule has 4 nitrogen and oxygen atoms in total. The third kappa shape index (κ3) is 3.73. The minimum Gasteiger partial charge on any atom is -0.335 e. The van der Waals surface area contributed by atoms with Crippen LogP contribution in [0.4, 0.5) is 13.2 Å². The van der Waals surface area contributed by atoms with Crippen LogP contribution in [0, 0.1) is 0 Å². The molecule has 1 aliphatic rings. The van der Waals surface area contributed by atoms with Gasteiger partial charge in [-0.1, -0.05) is 18.2 Å². The van der Waals surface area contributed by atoms with Crippen molar-refractivity contribution in [3.8, 4) is 0 Å². The van der Waals surface area contributed by atoms with E-state index in [-0.39, 0.29) is 36.7 Å². The second-order valence-corrected chi connectivity index (χ2v) is 7.57. The molecule has 1 aromatic rings. The lowest BCUT2D eigenvalue weighted by Gasteiger charge is -2.33. The number of hydrogen-bond donors (Lipinski definition) is 0. The lowest BCUT2D eigenvalue weighted by molar-refractivity contribution is -0.186. The molecule has 2 rings (SSSR count). The summed E-state index contributed by atoms with van der Waals surface area (Å²) in [7, 11) is 1.46. The Bertz CT molecular complexity index is 667. The second kappa shape index (κ2) is 6.08. The average Bonchev–Trinajstić information content (AvgIpc) is 2.45. The zero-order chi connectivity index (χ0) is 16.5. The van der Waals surface area contributed by atoms with Gasteiger partial charge in [-0.2, -0.15) is 13.2 Å². The molecule has 0 saturated carbocycles. The second-order valence-electron chi connectivity index (χ2n) is 5.04. The summed E-state index contributed by atoms with van der Waals surface area (Å²) in [5.41, 5.74) is 0.483. The normalized spacial score (nSPS) is 17.5. The molecule has 0 aromatic heterocycles. The minimum absolute atomic E-state index is 0.0303. The summed E-state index contributed by atoms with van der Waals surface area (Å²) in [6.07, 6.45) is -4.37. The van der Waals surface area contributed by atoms with Gasteiger partial charge in [0.2, 0.25) is 0 Å². The number of halogens is 4. The van der Waals surface area contributed by atoms with E-state index in [1.807, 2.05) is 0 Å². The van der Waals surface area contributed by atoms with Crippen LogP contribution >= 0.6 is 10.7 Å². The molecule has 1 aromatic carbocycles. The molecular weight excluding hydrogens is 343 g/mol.